The van der Waals surface area contributed by atoms with Crippen molar-refractivity contribution in [3.8, 4) is 12.3 Å². The van der Waals surface area contributed by atoms with Crippen LogP contribution in [0.5, 0.6) is 0 Å². The smallest absolute Gasteiger partial charge is 0.248 e. The maximum Gasteiger partial charge on any atom is 0.248 e. The van der Waals surface area contributed by atoms with Crippen LogP contribution in [0.2, 0.25) is 0 Å². The minimum atomic E-state index is -0.0219. The molecule has 1 aromatic heterocycles. The Bertz CT molecular complexity index is 442. The molecule has 1 unspecified atom stereocenters. The predicted octanol–water partition coefficient (Wildman–Crippen LogP) is 0.975. The summed E-state index contributed by atoms with van der Waals surface area (Å²) >= 11 is 0. The summed E-state index contributed by atoms with van der Waals surface area (Å²) in [5.41, 5.74) is 2.23. The summed E-state index contributed by atoms with van der Waals surface area (Å²) in [4.78, 5) is 14.0. The van der Waals surface area contributed by atoms with Crippen molar-refractivity contribution in [3.05, 3.63) is 33.7 Å². The lowest BCUT2D eigenvalue weighted by Gasteiger charge is -2.25. The highest BCUT2D eigenvalue weighted by molar-refractivity contribution is 5.26. The molecule has 0 spiro atoms. The average molecular weight is 202 g/mol. The van der Waals surface area contributed by atoms with Crippen LogP contribution in [0, 0.1) is 12.3 Å². The summed E-state index contributed by atoms with van der Waals surface area (Å²) in [5.74, 6) is 2.57. The minimum Gasteiger partial charge on any atom is -0.326 e. The molecular weight excluding hydrogens is 188 g/mol. The van der Waals surface area contributed by atoms with Crippen molar-refractivity contribution in [3.63, 3.8) is 0 Å². The number of aryl methyl sites for hydroxylation is 1. The van der Waals surface area contributed by atoms with Crippen LogP contribution in [-0.2, 0) is 6.42 Å². The molecule has 0 saturated carbocycles. The highest BCUT2D eigenvalue weighted by atomic mass is 16.1. The molecule has 0 bridgehead atoms. The van der Waals surface area contributed by atoms with E-state index in [0.29, 0.717) is 12.6 Å². The number of fused-ring (bicyclic) bond motifs is 1. The highest BCUT2D eigenvalue weighted by Crippen LogP contribution is 2.26. The van der Waals surface area contributed by atoms with Gasteiger partial charge in [-0.05, 0) is 24.8 Å². The molecular formula is C12H14N2O. The lowest BCUT2D eigenvalue weighted by atomic mass is 9.91. The molecule has 0 aliphatic heterocycles. The first-order valence-corrected chi connectivity index (χ1v) is 5.20. The molecule has 3 heteroatoms. The number of hydrogen-bond donors (Lipinski definition) is 2. The van der Waals surface area contributed by atoms with Crippen molar-refractivity contribution < 1.29 is 0 Å². The molecule has 0 radical (unpaired) electrons. The van der Waals surface area contributed by atoms with Gasteiger partial charge in [-0.3, -0.25) is 10.1 Å². The number of H-pyrrole nitrogens is 1. The Morgan fingerprint density at radius 2 is 2.47 bits per heavy atom. The van der Waals surface area contributed by atoms with Gasteiger partial charge in [-0.25, -0.2) is 0 Å². The number of rotatable bonds is 2. The first-order chi connectivity index (χ1) is 7.31. The van der Waals surface area contributed by atoms with Crippen LogP contribution in [0.4, 0.5) is 0 Å². The van der Waals surface area contributed by atoms with Crippen LogP contribution in [0.25, 0.3) is 0 Å². The molecule has 0 amide bonds. The number of hydrogen-bond acceptors (Lipinski definition) is 2. The van der Waals surface area contributed by atoms with Crippen molar-refractivity contribution in [2.75, 3.05) is 6.54 Å². The Morgan fingerprint density at radius 1 is 1.60 bits per heavy atom. The van der Waals surface area contributed by atoms with E-state index in [1.807, 2.05) is 6.07 Å². The zero-order valence-electron chi connectivity index (χ0n) is 8.55. The third-order valence-electron chi connectivity index (χ3n) is 2.78. The van der Waals surface area contributed by atoms with E-state index in [0.717, 1.165) is 25.0 Å². The largest absolute Gasteiger partial charge is 0.326 e. The second kappa shape index (κ2) is 4.33. The molecule has 0 aromatic carbocycles. The molecule has 2 rings (SSSR count). The Morgan fingerprint density at radius 3 is 3.27 bits per heavy atom. The zero-order chi connectivity index (χ0) is 10.7. The Labute approximate surface area is 88.9 Å². The van der Waals surface area contributed by atoms with Crippen LogP contribution in [0.1, 0.15) is 30.1 Å². The monoisotopic (exact) mass is 202 g/mol. The number of pyridine rings is 1. The van der Waals surface area contributed by atoms with Gasteiger partial charge in [-0.15, -0.1) is 6.42 Å². The fraction of sp³-hybridized carbons (Fsp3) is 0.417. The molecule has 15 heavy (non-hydrogen) atoms. The van der Waals surface area contributed by atoms with Crippen molar-refractivity contribution >= 4 is 0 Å². The van der Waals surface area contributed by atoms with E-state index < -0.39 is 0 Å². The molecule has 1 atom stereocenters. The first-order valence-electron chi connectivity index (χ1n) is 5.20. The fourth-order valence-corrected chi connectivity index (χ4v) is 2.09. The van der Waals surface area contributed by atoms with Crippen molar-refractivity contribution in [2.24, 2.45) is 0 Å². The zero-order valence-corrected chi connectivity index (χ0v) is 8.55. The van der Waals surface area contributed by atoms with Gasteiger partial charge in [0.05, 0.1) is 6.54 Å². The van der Waals surface area contributed by atoms with Crippen molar-refractivity contribution in [2.45, 2.75) is 25.3 Å². The topological polar surface area (TPSA) is 44.9 Å². The Balaban J connectivity index is 2.27. The molecule has 1 aliphatic rings. The lowest BCUT2D eigenvalue weighted by molar-refractivity contribution is 0.476. The van der Waals surface area contributed by atoms with Gasteiger partial charge in [0.1, 0.15) is 0 Å². The van der Waals surface area contributed by atoms with Crippen molar-refractivity contribution in [1.29, 1.82) is 0 Å². The maximum atomic E-state index is 11.2. The molecule has 1 aliphatic carbocycles. The number of nitrogens with one attached hydrogen (secondary N) is 2. The standard InChI is InChI=1S/C12H14N2O/c1-2-8-13-10-4-3-5-11-9(10)6-7-12(15)14-11/h1,6-7,10,13H,3-5,8H2,(H,14,15). The second-order valence-electron chi connectivity index (χ2n) is 3.79. The van der Waals surface area contributed by atoms with Crippen molar-refractivity contribution in [1.82, 2.24) is 10.3 Å². The Kier molecular flexibility index (Phi) is 2.89. The van der Waals surface area contributed by atoms with Gasteiger partial charge in [0, 0.05) is 17.8 Å². The molecule has 1 heterocycles. The summed E-state index contributed by atoms with van der Waals surface area (Å²) in [7, 11) is 0. The van der Waals surface area contributed by atoms with Gasteiger partial charge in [0.15, 0.2) is 0 Å². The van der Waals surface area contributed by atoms with E-state index in [1.165, 1.54) is 5.56 Å². The first kappa shape index (κ1) is 10.0. The van der Waals surface area contributed by atoms with Crippen LogP contribution < -0.4 is 10.9 Å². The van der Waals surface area contributed by atoms with Gasteiger partial charge in [0.25, 0.3) is 0 Å². The predicted molar refractivity (Wildman–Crippen MR) is 59.6 cm³/mol. The van der Waals surface area contributed by atoms with Gasteiger partial charge in [-0.2, -0.15) is 0 Å². The molecule has 1 aromatic rings. The number of aromatic amines is 1. The SMILES string of the molecule is C#CCNC1CCCc2[nH]c(=O)ccc21. The van der Waals surface area contributed by atoms with E-state index in [1.54, 1.807) is 6.07 Å². The van der Waals surface area contributed by atoms with Gasteiger partial charge < -0.3 is 4.98 Å². The quantitative estimate of drug-likeness (QED) is 0.702. The number of aromatic nitrogens is 1. The molecule has 3 nitrogen and oxygen atoms in total. The summed E-state index contributed by atoms with van der Waals surface area (Å²) in [5, 5.41) is 3.29. The molecule has 0 fully saturated rings. The van der Waals surface area contributed by atoms with Crippen LogP contribution in [-0.4, -0.2) is 11.5 Å². The van der Waals surface area contributed by atoms with Crippen LogP contribution in [0.15, 0.2) is 16.9 Å². The fourth-order valence-electron chi connectivity index (χ4n) is 2.09. The normalized spacial score (nSPS) is 19.3. The maximum absolute atomic E-state index is 11.2. The van der Waals surface area contributed by atoms with E-state index in [4.69, 9.17) is 6.42 Å². The average Bonchev–Trinajstić information content (AvgIpc) is 2.25. The van der Waals surface area contributed by atoms with E-state index in [-0.39, 0.29) is 5.56 Å². The molecule has 0 saturated heterocycles. The third kappa shape index (κ3) is 2.11. The minimum absolute atomic E-state index is 0.0219. The van der Waals surface area contributed by atoms with Crippen LogP contribution in [0.3, 0.4) is 0 Å². The summed E-state index contributed by atoms with van der Waals surface area (Å²) in [6.45, 7) is 0.573. The van der Waals surface area contributed by atoms with Gasteiger partial charge in [-0.1, -0.05) is 12.0 Å². The van der Waals surface area contributed by atoms with E-state index >= 15 is 0 Å². The van der Waals surface area contributed by atoms with E-state index in [2.05, 4.69) is 16.2 Å². The van der Waals surface area contributed by atoms with E-state index in [9.17, 15) is 4.79 Å². The summed E-state index contributed by atoms with van der Waals surface area (Å²) < 4.78 is 0. The summed E-state index contributed by atoms with van der Waals surface area (Å²) in [6, 6.07) is 3.78. The summed E-state index contributed by atoms with van der Waals surface area (Å²) in [6.07, 6.45) is 8.35. The third-order valence-corrected chi connectivity index (χ3v) is 2.78. The second-order valence-corrected chi connectivity index (χ2v) is 3.79. The number of terminal acetylenes is 1. The van der Waals surface area contributed by atoms with Gasteiger partial charge >= 0.3 is 0 Å². The molecule has 2 N–H and O–H groups in total. The van der Waals surface area contributed by atoms with Gasteiger partial charge in [0.2, 0.25) is 5.56 Å². The highest BCUT2D eigenvalue weighted by Gasteiger charge is 2.19. The lowest BCUT2D eigenvalue weighted by Crippen LogP contribution is -2.27. The Hall–Kier alpha value is -1.53. The van der Waals surface area contributed by atoms with Crippen LogP contribution >= 0.6 is 0 Å². The molecule has 78 valence electrons.